The molecule has 0 N–H and O–H groups in total. The van der Waals surface area contributed by atoms with Crippen molar-refractivity contribution in [3.8, 4) is 5.75 Å². The Morgan fingerprint density at radius 3 is 2.42 bits per heavy atom. The maximum absolute atomic E-state index is 11.2. The van der Waals surface area contributed by atoms with Gasteiger partial charge in [-0.2, -0.15) is 0 Å². The molecule has 2 aromatic rings. The van der Waals surface area contributed by atoms with Gasteiger partial charge in [0.2, 0.25) is 5.76 Å². The van der Waals surface area contributed by atoms with Gasteiger partial charge in [0.15, 0.2) is 0 Å². The highest BCUT2D eigenvalue weighted by atomic mass is 16.5. The van der Waals surface area contributed by atoms with Crippen LogP contribution in [0.5, 0.6) is 5.75 Å². The summed E-state index contributed by atoms with van der Waals surface area (Å²) in [5, 5.41) is 0. The number of furan rings is 1. The van der Waals surface area contributed by atoms with E-state index in [1.54, 1.807) is 25.3 Å². The van der Waals surface area contributed by atoms with Crippen molar-refractivity contribution in [2.45, 2.75) is 0 Å². The highest BCUT2D eigenvalue weighted by molar-refractivity contribution is 5.86. The van der Waals surface area contributed by atoms with Crippen LogP contribution in [0.15, 0.2) is 40.8 Å². The van der Waals surface area contributed by atoms with Crippen LogP contribution in [-0.4, -0.2) is 20.2 Å². The summed E-state index contributed by atoms with van der Waals surface area (Å²) in [6.45, 7) is 0. The maximum Gasteiger partial charge on any atom is 0.373 e. The number of benzene rings is 1. The minimum absolute atomic E-state index is 0.192. The van der Waals surface area contributed by atoms with Gasteiger partial charge in [-0.05, 0) is 35.9 Å². The molecule has 0 aliphatic carbocycles. The number of methoxy groups -OCH3 is 2. The van der Waals surface area contributed by atoms with E-state index in [-0.39, 0.29) is 5.76 Å². The molecule has 0 atom stereocenters. The number of rotatable bonds is 4. The minimum atomic E-state index is -0.482. The van der Waals surface area contributed by atoms with Crippen LogP contribution in [0, 0.1) is 0 Å². The highest BCUT2D eigenvalue weighted by Gasteiger charge is 2.09. The first kappa shape index (κ1) is 13.0. The van der Waals surface area contributed by atoms with Gasteiger partial charge in [-0.15, -0.1) is 0 Å². The summed E-state index contributed by atoms with van der Waals surface area (Å²) in [5.41, 5.74) is 1.01. The van der Waals surface area contributed by atoms with Crippen LogP contribution < -0.4 is 4.74 Å². The second kappa shape index (κ2) is 5.91. The van der Waals surface area contributed by atoms with Gasteiger partial charge in [0, 0.05) is 0 Å². The van der Waals surface area contributed by atoms with Crippen molar-refractivity contribution in [2.75, 3.05) is 14.2 Å². The molecule has 98 valence electrons. The molecule has 0 unspecified atom stereocenters. The quantitative estimate of drug-likeness (QED) is 0.790. The lowest BCUT2D eigenvalue weighted by molar-refractivity contribution is 0.0564. The summed E-state index contributed by atoms with van der Waals surface area (Å²) < 4.78 is 15.0. The Bertz CT molecular complexity index is 578. The van der Waals surface area contributed by atoms with Crippen LogP contribution in [0.4, 0.5) is 0 Å². The molecule has 4 nitrogen and oxygen atoms in total. The van der Waals surface area contributed by atoms with Crippen molar-refractivity contribution in [1.82, 2.24) is 0 Å². The molecule has 0 bridgehead atoms. The molecule has 0 amide bonds. The first-order chi connectivity index (χ1) is 9.22. The lowest BCUT2D eigenvalue weighted by Gasteiger charge is -1.98. The molecule has 1 heterocycles. The molecule has 1 aromatic carbocycles. The molecule has 2 rings (SSSR count). The van der Waals surface area contributed by atoms with E-state index in [4.69, 9.17) is 9.15 Å². The average molecular weight is 258 g/mol. The van der Waals surface area contributed by atoms with Crippen molar-refractivity contribution in [1.29, 1.82) is 0 Å². The Labute approximate surface area is 111 Å². The SMILES string of the molecule is COC(=O)c1ccc(/C=C/c2ccc(OC)cc2)o1. The van der Waals surface area contributed by atoms with E-state index in [0.29, 0.717) is 5.76 Å². The van der Waals surface area contributed by atoms with E-state index >= 15 is 0 Å². The largest absolute Gasteiger partial charge is 0.497 e. The van der Waals surface area contributed by atoms with Crippen LogP contribution in [-0.2, 0) is 4.74 Å². The summed E-state index contributed by atoms with van der Waals surface area (Å²) in [6.07, 6.45) is 3.67. The van der Waals surface area contributed by atoms with Crippen LogP contribution in [0.1, 0.15) is 21.9 Å². The van der Waals surface area contributed by atoms with Gasteiger partial charge in [-0.25, -0.2) is 4.79 Å². The Hall–Kier alpha value is -2.49. The van der Waals surface area contributed by atoms with E-state index < -0.39 is 5.97 Å². The second-order valence-electron chi connectivity index (χ2n) is 3.80. The van der Waals surface area contributed by atoms with Crippen molar-refractivity contribution in [3.63, 3.8) is 0 Å². The monoisotopic (exact) mass is 258 g/mol. The first-order valence-electron chi connectivity index (χ1n) is 5.73. The third-order valence-corrected chi connectivity index (χ3v) is 2.57. The fraction of sp³-hybridized carbons (Fsp3) is 0.133. The summed E-state index contributed by atoms with van der Waals surface area (Å²) in [5.74, 6) is 1.11. The van der Waals surface area contributed by atoms with Crippen LogP contribution in [0.25, 0.3) is 12.2 Å². The van der Waals surface area contributed by atoms with Gasteiger partial charge < -0.3 is 13.9 Å². The highest BCUT2D eigenvalue weighted by Crippen LogP contribution is 2.15. The molecule has 19 heavy (non-hydrogen) atoms. The molecule has 0 spiro atoms. The lowest BCUT2D eigenvalue weighted by atomic mass is 10.2. The van der Waals surface area contributed by atoms with E-state index in [1.165, 1.54) is 7.11 Å². The maximum atomic E-state index is 11.2. The number of carbonyl (C=O) groups is 1. The predicted octanol–water partition coefficient (Wildman–Crippen LogP) is 3.25. The molecular formula is C15H14O4. The van der Waals surface area contributed by atoms with Crippen LogP contribution >= 0.6 is 0 Å². The van der Waals surface area contributed by atoms with Crippen molar-refractivity contribution >= 4 is 18.1 Å². The first-order valence-corrected chi connectivity index (χ1v) is 5.73. The molecule has 4 heteroatoms. The number of esters is 1. The number of hydrogen-bond acceptors (Lipinski definition) is 4. The molecule has 0 saturated heterocycles. The Kier molecular flexibility index (Phi) is 4.03. The van der Waals surface area contributed by atoms with E-state index in [0.717, 1.165) is 11.3 Å². The van der Waals surface area contributed by atoms with Gasteiger partial charge >= 0.3 is 5.97 Å². The van der Waals surface area contributed by atoms with Crippen molar-refractivity contribution in [3.05, 3.63) is 53.5 Å². The summed E-state index contributed by atoms with van der Waals surface area (Å²) in [6, 6.07) is 10.9. The third kappa shape index (κ3) is 3.25. The van der Waals surface area contributed by atoms with Gasteiger partial charge in [-0.1, -0.05) is 18.2 Å². The molecular weight excluding hydrogens is 244 g/mol. The predicted molar refractivity (Wildman–Crippen MR) is 72.0 cm³/mol. The zero-order chi connectivity index (χ0) is 13.7. The second-order valence-corrected chi connectivity index (χ2v) is 3.80. The Morgan fingerprint density at radius 2 is 1.79 bits per heavy atom. The number of hydrogen-bond donors (Lipinski definition) is 0. The summed E-state index contributed by atoms with van der Waals surface area (Å²) in [7, 11) is 2.94. The zero-order valence-electron chi connectivity index (χ0n) is 10.8. The molecule has 1 aromatic heterocycles. The normalized spacial score (nSPS) is 10.6. The molecule has 0 aliphatic rings. The number of carbonyl (C=O) groups excluding carboxylic acids is 1. The summed E-state index contributed by atoms with van der Waals surface area (Å²) in [4.78, 5) is 11.2. The van der Waals surface area contributed by atoms with E-state index in [9.17, 15) is 4.79 Å². The zero-order valence-corrected chi connectivity index (χ0v) is 10.8. The van der Waals surface area contributed by atoms with Crippen LogP contribution in [0.2, 0.25) is 0 Å². The fourth-order valence-electron chi connectivity index (χ4n) is 1.55. The van der Waals surface area contributed by atoms with Gasteiger partial charge in [0.05, 0.1) is 14.2 Å². The lowest BCUT2D eigenvalue weighted by Crippen LogP contribution is -1.98. The molecule has 0 radical (unpaired) electrons. The van der Waals surface area contributed by atoms with Crippen molar-refractivity contribution in [2.24, 2.45) is 0 Å². The summed E-state index contributed by atoms with van der Waals surface area (Å²) >= 11 is 0. The van der Waals surface area contributed by atoms with E-state index in [1.807, 2.05) is 30.3 Å². The molecule has 0 fully saturated rings. The topological polar surface area (TPSA) is 48.7 Å². The average Bonchev–Trinajstić information content (AvgIpc) is 2.93. The van der Waals surface area contributed by atoms with Crippen molar-refractivity contribution < 1.29 is 18.7 Å². The van der Waals surface area contributed by atoms with Gasteiger partial charge in [0.25, 0.3) is 0 Å². The Morgan fingerprint density at radius 1 is 1.05 bits per heavy atom. The smallest absolute Gasteiger partial charge is 0.373 e. The van der Waals surface area contributed by atoms with E-state index in [2.05, 4.69) is 4.74 Å². The third-order valence-electron chi connectivity index (χ3n) is 2.57. The van der Waals surface area contributed by atoms with Gasteiger partial charge in [-0.3, -0.25) is 0 Å². The fourth-order valence-corrected chi connectivity index (χ4v) is 1.55. The standard InChI is InChI=1S/C15H14O4/c1-17-12-6-3-11(4-7-12)5-8-13-9-10-14(19-13)15(16)18-2/h3-10H,1-2H3/b8-5+. The molecule has 0 saturated carbocycles. The van der Waals surface area contributed by atoms with Crippen LogP contribution in [0.3, 0.4) is 0 Å². The number of ether oxygens (including phenoxy) is 2. The van der Waals surface area contributed by atoms with Gasteiger partial charge in [0.1, 0.15) is 11.5 Å². The minimum Gasteiger partial charge on any atom is -0.497 e. The molecule has 0 aliphatic heterocycles. The Balaban J connectivity index is 2.09.